The summed E-state index contributed by atoms with van der Waals surface area (Å²) in [5, 5.41) is 10.4. The Labute approximate surface area is 163 Å². The number of carbonyl (C=O) groups is 1. The quantitative estimate of drug-likeness (QED) is 0.485. The van der Waals surface area contributed by atoms with Gasteiger partial charge in [-0.05, 0) is 18.4 Å². The van der Waals surface area contributed by atoms with Crippen LogP contribution in [0.1, 0.15) is 11.3 Å². The van der Waals surface area contributed by atoms with Crippen molar-refractivity contribution in [3.8, 4) is 21.1 Å². The Morgan fingerprint density at radius 2 is 1.88 bits per heavy atom. The van der Waals surface area contributed by atoms with Gasteiger partial charge in [0.15, 0.2) is 5.13 Å². The van der Waals surface area contributed by atoms with Crippen LogP contribution in [0.15, 0.2) is 52.5 Å². The van der Waals surface area contributed by atoms with Gasteiger partial charge in [-0.15, -0.1) is 34.0 Å². The minimum atomic E-state index is -0.0992. The zero-order valence-corrected chi connectivity index (χ0v) is 16.4. The second-order valence-corrected chi connectivity index (χ2v) is 8.41. The average Bonchev–Trinajstić information content (AvgIpc) is 3.36. The molecule has 0 aliphatic heterocycles. The van der Waals surface area contributed by atoms with Gasteiger partial charge in [-0.25, -0.2) is 9.97 Å². The lowest BCUT2D eigenvalue weighted by Gasteiger charge is -2.00. The van der Waals surface area contributed by atoms with E-state index < -0.39 is 0 Å². The lowest BCUT2D eigenvalue weighted by atomic mass is 10.1. The molecule has 0 fully saturated rings. The van der Waals surface area contributed by atoms with Crippen LogP contribution in [0.5, 0.6) is 0 Å². The Balaban J connectivity index is 1.40. The fraction of sp³-hybridized carbons (Fsp3) is 0.105. The number of hydrogen-bond donors (Lipinski definition) is 1. The van der Waals surface area contributed by atoms with E-state index in [1.165, 1.54) is 16.9 Å². The summed E-state index contributed by atoms with van der Waals surface area (Å²) >= 11 is 4.65. The van der Waals surface area contributed by atoms with Crippen molar-refractivity contribution >= 4 is 45.0 Å². The fourth-order valence-electron chi connectivity index (χ4n) is 2.42. The number of thiophene rings is 1. The van der Waals surface area contributed by atoms with Gasteiger partial charge in [0.2, 0.25) is 5.91 Å². The summed E-state index contributed by atoms with van der Waals surface area (Å²) in [4.78, 5) is 22.5. The third kappa shape index (κ3) is 3.90. The molecule has 130 valence electrons. The van der Waals surface area contributed by atoms with Crippen LogP contribution in [0.4, 0.5) is 5.13 Å². The van der Waals surface area contributed by atoms with Crippen molar-refractivity contribution in [2.75, 3.05) is 5.32 Å². The van der Waals surface area contributed by atoms with Gasteiger partial charge in [0.1, 0.15) is 5.01 Å². The smallest absolute Gasteiger partial charge is 0.232 e. The maximum absolute atomic E-state index is 12.3. The maximum Gasteiger partial charge on any atom is 0.232 e. The van der Waals surface area contributed by atoms with Crippen LogP contribution >= 0.6 is 34.0 Å². The second-order valence-electron chi connectivity index (χ2n) is 5.75. The summed E-state index contributed by atoms with van der Waals surface area (Å²) in [5.41, 5.74) is 3.92. The van der Waals surface area contributed by atoms with Gasteiger partial charge in [-0.1, -0.05) is 35.9 Å². The van der Waals surface area contributed by atoms with Gasteiger partial charge in [0.25, 0.3) is 0 Å². The normalized spacial score (nSPS) is 10.8. The largest absolute Gasteiger partial charge is 0.302 e. The molecule has 0 saturated carbocycles. The zero-order valence-electron chi connectivity index (χ0n) is 13.9. The molecule has 0 atom stereocenters. The van der Waals surface area contributed by atoms with E-state index in [1.54, 1.807) is 22.7 Å². The summed E-state index contributed by atoms with van der Waals surface area (Å²) in [7, 11) is 0. The standard InChI is InChI=1S/C19H15N3OS3/c1-12-4-6-13(7-5-12)15-11-26-19(21-15)22-17(23)9-14-10-25-18(20-14)16-3-2-8-24-16/h2-8,10-11H,9H2,1H3,(H,21,22,23). The van der Waals surface area contributed by atoms with Crippen LogP contribution in [0.25, 0.3) is 21.1 Å². The number of carbonyl (C=O) groups excluding carboxylic acids is 1. The Bertz CT molecular complexity index is 1020. The van der Waals surface area contributed by atoms with Crippen LogP contribution in [-0.2, 0) is 11.2 Å². The molecule has 4 aromatic rings. The molecular weight excluding hydrogens is 382 g/mol. The molecule has 0 unspecified atom stereocenters. The molecule has 1 N–H and O–H groups in total. The highest BCUT2D eigenvalue weighted by Gasteiger charge is 2.12. The molecule has 0 bridgehead atoms. The number of hydrogen-bond acceptors (Lipinski definition) is 6. The number of nitrogens with one attached hydrogen (secondary N) is 1. The van der Waals surface area contributed by atoms with Gasteiger partial charge in [0, 0.05) is 16.3 Å². The van der Waals surface area contributed by atoms with Crippen LogP contribution < -0.4 is 5.32 Å². The molecular formula is C19H15N3OS3. The maximum atomic E-state index is 12.3. The highest BCUT2D eigenvalue weighted by molar-refractivity contribution is 7.20. The number of anilines is 1. The minimum Gasteiger partial charge on any atom is -0.302 e. The molecule has 7 heteroatoms. The number of amides is 1. The Kier molecular flexibility index (Phi) is 4.92. The first-order chi connectivity index (χ1) is 12.7. The van der Waals surface area contributed by atoms with Crippen molar-refractivity contribution in [1.29, 1.82) is 0 Å². The van der Waals surface area contributed by atoms with E-state index in [0.717, 1.165) is 26.8 Å². The number of rotatable bonds is 5. The number of thiazole rings is 2. The topological polar surface area (TPSA) is 54.9 Å². The molecule has 4 nitrogen and oxygen atoms in total. The summed E-state index contributed by atoms with van der Waals surface area (Å²) in [6.07, 6.45) is 0.251. The van der Waals surface area contributed by atoms with Crippen molar-refractivity contribution in [3.63, 3.8) is 0 Å². The lowest BCUT2D eigenvalue weighted by Crippen LogP contribution is -2.14. The van der Waals surface area contributed by atoms with E-state index in [2.05, 4.69) is 34.3 Å². The predicted octanol–water partition coefficient (Wildman–Crippen LogP) is 5.48. The SMILES string of the molecule is Cc1ccc(-c2csc(NC(=O)Cc3csc(-c4cccs4)n3)n2)cc1. The highest BCUT2D eigenvalue weighted by Crippen LogP contribution is 2.28. The highest BCUT2D eigenvalue weighted by atomic mass is 32.1. The van der Waals surface area contributed by atoms with Crippen LogP contribution in [0, 0.1) is 6.92 Å². The molecule has 0 aliphatic rings. The van der Waals surface area contributed by atoms with E-state index >= 15 is 0 Å². The summed E-state index contributed by atoms with van der Waals surface area (Å²) in [6.45, 7) is 2.05. The van der Waals surface area contributed by atoms with E-state index in [9.17, 15) is 4.79 Å². The predicted molar refractivity (Wildman–Crippen MR) is 110 cm³/mol. The van der Waals surface area contributed by atoms with Crippen molar-refractivity contribution < 1.29 is 4.79 Å². The van der Waals surface area contributed by atoms with Crippen molar-refractivity contribution in [2.45, 2.75) is 13.3 Å². The van der Waals surface area contributed by atoms with E-state index in [-0.39, 0.29) is 12.3 Å². The molecule has 0 radical (unpaired) electrons. The first-order valence-electron chi connectivity index (χ1n) is 7.98. The summed E-state index contributed by atoms with van der Waals surface area (Å²) in [5.74, 6) is -0.0992. The molecule has 1 amide bonds. The van der Waals surface area contributed by atoms with Crippen LogP contribution in [0.3, 0.4) is 0 Å². The zero-order chi connectivity index (χ0) is 17.9. The number of aromatic nitrogens is 2. The molecule has 3 aromatic heterocycles. The Morgan fingerprint density at radius 1 is 1.04 bits per heavy atom. The fourth-order valence-corrected chi connectivity index (χ4v) is 4.79. The molecule has 0 spiro atoms. The third-order valence-corrected chi connectivity index (χ3v) is 6.41. The van der Waals surface area contributed by atoms with E-state index in [0.29, 0.717) is 5.13 Å². The molecule has 0 aliphatic carbocycles. The average molecular weight is 398 g/mol. The van der Waals surface area contributed by atoms with E-state index in [1.807, 2.05) is 40.4 Å². The van der Waals surface area contributed by atoms with Crippen molar-refractivity contribution in [3.05, 3.63) is 63.8 Å². The Morgan fingerprint density at radius 3 is 2.65 bits per heavy atom. The molecule has 4 rings (SSSR count). The first-order valence-corrected chi connectivity index (χ1v) is 10.6. The van der Waals surface area contributed by atoms with Crippen LogP contribution in [0.2, 0.25) is 0 Å². The number of aryl methyl sites for hydroxylation is 1. The van der Waals surface area contributed by atoms with Gasteiger partial charge in [-0.3, -0.25) is 4.79 Å². The second kappa shape index (κ2) is 7.49. The molecule has 0 saturated heterocycles. The number of nitrogens with zero attached hydrogens (tertiary/aromatic N) is 2. The lowest BCUT2D eigenvalue weighted by molar-refractivity contribution is -0.115. The number of benzene rings is 1. The van der Waals surface area contributed by atoms with E-state index in [4.69, 9.17) is 0 Å². The van der Waals surface area contributed by atoms with Gasteiger partial charge < -0.3 is 5.32 Å². The van der Waals surface area contributed by atoms with Crippen molar-refractivity contribution in [1.82, 2.24) is 9.97 Å². The summed E-state index contributed by atoms with van der Waals surface area (Å²) < 4.78 is 0. The van der Waals surface area contributed by atoms with Crippen molar-refractivity contribution in [2.24, 2.45) is 0 Å². The molecule has 26 heavy (non-hydrogen) atoms. The van der Waals surface area contributed by atoms with Crippen LogP contribution in [-0.4, -0.2) is 15.9 Å². The monoisotopic (exact) mass is 397 g/mol. The Hall–Kier alpha value is -2.35. The molecule has 1 aromatic carbocycles. The third-order valence-electron chi connectivity index (χ3n) is 3.72. The van der Waals surface area contributed by atoms with Gasteiger partial charge >= 0.3 is 0 Å². The summed E-state index contributed by atoms with van der Waals surface area (Å²) in [6, 6.07) is 12.2. The minimum absolute atomic E-state index is 0.0992. The first kappa shape index (κ1) is 17.1. The van der Waals surface area contributed by atoms with Gasteiger partial charge in [0.05, 0.1) is 22.7 Å². The molecule has 3 heterocycles. The van der Waals surface area contributed by atoms with Gasteiger partial charge in [-0.2, -0.15) is 0 Å².